The van der Waals surface area contributed by atoms with Gasteiger partial charge in [0.25, 0.3) is 5.91 Å². The Labute approximate surface area is 103 Å². The number of amides is 1. The maximum atomic E-state index is 12.0. The molecule has 1 amide bonds. The van der Waals surface area contributed by atoms with Crippen LogP contribution in [0.25, 0.3) is 0 Å². The lowest BCUT2D eigenvalue weighted by Crippen LogP contribution is -2.47. The Bertz CT molecular complexity index is 270. The zero-order chi connectivity index (χ0) is 12.8. The Morgan fingerprint density at radius 1 is 1.24 bits per heavy atom. The van der Waals surface area contributed by atoms with Crippen molar-refractivity contribution in [3.8, 4) is 0 Å². The van der Waals surface area contributed by atoms with Crippen molar-refractivity contribution in [3.05, 3.63) is 0 Å². The summed E-state index contributed by atoms with van der Waals surface area (Å²) in [5, 5.41) is 0. The largest absolute Gasteiger partial charge is 0.456 e. The molecule has 1 aliphatic carbocycles. The van der Waals surface area contributed by atoms with Gasteiger partial charge in [-0.2, -0.15) is 0 Å². The molecule has 0 aromatic rings. The molecule has 4 heteroatoms. The molecule has 0 atom stereocenters. The van der Waals surface area contributed by atoms with Gasteiger partial charge in [0.15, 0.2) is 6.61 Å². The lowest BCUT2D eigenvalue weighted by atomic mass is 9.93. The monoisotopic (exact) mass is 241 g/mol. The van der Waals surface area contributed by atoms with Gasteiger partial charge in [0.2, 0.25) is 0 Å². The van der Waals surface area contributed by atoms with Gasteiger partial charge < -0.3 is 9.64 Å². The molecule has 0 saturated heterocycles. The predicted octanol–water partition coefficient (Wildman–Crippen LogP) is 2.12. The van der Waals surface area contributed by atoms with E-state index in [0.717, 1.165) is 12.8 Å². The van der Waals surface area contributed by atoms with Crippen molar-refractivity contribution >= 4 is 11.9 Å². The molecule has 1 aliphatic rings. The van der Waals surface area contributed by atoms with Crippen LogP contribution in [0.15, 0.2) is 0 Å². The zero-order valence-electron chi connectivity index (χ0n) is 11.1. The first-order valence-corrected chi connectivity index (χ1v) is 6.47. The average Bonchev–Trinajstić information content (AvgIpc) is 2.27. The van der Waals surface area contributed by atoms with E-state index in [2.05, 4.69) is 0 Å². The minimum atomic E-state index is -0.397. The molecule has 0 radical (unpaired) electrons. The molecule has 0 aliphatic heterocycles. The number of esters is 1. The minimum absolute atomic E-state index is 0.0675. The Kier molecular flexibility index (Phi) is 5.45. The highest BCUT2D eigenvalue weighted by molar-refractivity contribution is 5.80. The van der Waals surface area contributed by atoms with E-state index < -0.39 is 5.97 Å². The number of carbonyl (C=O) groups is 2. The van der Waals surface area contributed by atoms with Crippen molar-refractivity contribution in [2.75, 3.05) is 6.61 Å². The normalized spacial score (nSPS) is 16.9. The summed E-state index contributed by atoms with van der Waals surface area (Å²) in [6.45, 7) is 5.23. The van der Waals surface area contributed by atoms with E-state index in [9.17, 15) is 9.59 Å². The van der Waals surface area contributed by atoms with Crippen LogP contribution >= 0.6 is 0 Å². The number of hydrogen-bond donors (Lipinski definition) is 0. The van der Waals surface area contributed by atoms with E-state index in [4.69, 9.17) is 4.74 Å². The summed E-state index contributed by atoms with van der Waals surface area (Å²) in [5.74, 6) is -0.465. The highest BCUT2D eigenvalue weighted by atomic mass is 16.5. The molecule has 1 rings (SSSR count). The van der Waals surface area contributed by atoms with Gasteiger partial charge in [0.05, 0.1) is 0 Å². The van der Waals surface area contributed by atoms with Gasteiger partial charge in [-0.25, -0.2) is 0 Å². The van der Waals surface area contributed by atoms with Crippen LogP contribution in [0.4, 0.5) is 0 Å². The van der Waals surface area contributed by atoms with Crippen LogP contribution in [-0.4, -0.2) is 35.5 Å². The van der Waals surface area contributed by atoms with Crippen LogP contribution in [0.2, 0.25) is 0 Å². The fourth-order valence-electron chi connectivity index (χ4n) is 2.51. The van der Waals surface area contributed by atoms with Crippen molar-refractivity contribution in [1.29, 1.82) is 0 Å². The maximum absolute atomic E-state index is 12.0. The molecule has 0 heterocycles. The third-order valence-electron chi connectivity index (χ3n) is 3.21. The molecule has 1 fully saturated rings. The summed E-state index contributed by atoms with van der Waals surface area (Å²) in [4.78, 5) is 24.7. The van der Waals surface area contributed by atoms with Crippen molar-refractivity contribution in [1.82, 2.24) is 4.90 Å². The van der Waals surface area contributed by atoms with E-state index in [1.54, 1.807) is 0 Å². The number of carbonyl (C=O) groups excluding carboxylic acids is 2. The molecule has 0 bridgehead atoms. The highest BCUT2D eigenvalue weighted by Crippen LogP contribution is 2.24. The highest BCUT2D eigenvalue weighted by Gasteiger charge is 2.27. The predicted molar refractivity (Wildman–Crippen MR) is 65.5 cm³/mol. The van der Waals surface area contributed by atoms with Gasteiger partial charge in [-0.3, -0.25) is 9.59 Å². The van der Waals surface area contributed by atoms with Gasteiger partial charge in [0.1, 0.15) is 0 Å². The Morgan fingerprint density at radius 2 is 1.82 bits per heavy atom. The lowest BCUT2D eigenvalue weighted by molar-refractivity contribution is -0.152. The summed E-state index contributed by atoms with van der Waals surface area (Å²) < 4.78 is 4.80. The molecule has 98 valence electrons. The lowest BCUT2D eigenvalue weighted by Gasteiger charge is -2.37. The summed E-state index contributed by atoms with van der Waals surface area (Å²) in [6, 6.07) is 0.493. The van der Waals surface area contributed by atoms with E-state index in [-0.39, 0.29) is 18.6 Å². The van der Waals surface area contributed by atoms with Gasteiger partial charge in [0, 0.05) is 19.0 Å². The zero-order valence-corrected chi connectivity index (χ0v) is 11.1. The van der Waals surface area contributed by atoms with Crippen LogP contribution in [0.1, 0.15) is 52.9 Å². The number of rotatable bonds is 4. The number of hydrogen-bond acceptors (Lipinski definition) is 3. The summed E-state index contributed by atoms with van der Waals surface area (Å²) in [6.07, 6.45) is 5.79. The average molecular weight is 241 g/mol. The second kappa shape index (κ2) is 6.62. The second-order valence-corrected chi connectivity index (χ2v) is 4.97. The topological polar surface area (TPSA) is 46.6 Å². The number of ether oxygens (including phenoxy) is 1. The fourth-order valence-corrected chi connectivity index (χ4v) is 2.51. The Hall–Kier alpha value is -1.06. The smallest absolute Gasteiger partial charge is 0.303 e. The summed E-state index contributed by atoms with van der Waals surface area (Å²) >= 11 is 0. The van der Waals surface area contributed by atoms with E-state index in [0.29, 0.717) is 6.04 Å². The molecular weight excluding hydrogens is 218 g/mol. The maximum Gasteiger partial charge on any atom is 0.303 e. The van der Waals surface area contributed by atoms with Gasteiger partial charge >= 0.3 is 5.97 Å². The fraction of sp³-hybridized carbons (Fsp3) is 0.846. The molecule has 17 heavy (non-hydrogen) atoms. The van der Waals surface area contributed by atoms with Crippen LogP contribution in [0.3, 0.4) is 0 Å². The molecule has 0 N–H and O–H groups in total. The quantitative estimate of drug-likeness (QED) is 0.708. The molecule has 4 nitrogen and oxygen atoms in total. The standard InChI is InChI=1S/C13H23NO3/c1-10(2)14(12-7-5-4-6-8-12)13(16)9-17-11(3)15/h10,12H,4-9H2,1-3H3. The molecule has 0 unspecified atom stereocenters. The van der Waals surface area contributed by atoms with Crippen LogP contribution in [0, 0.1) is 0 Å². The summed E-state index contributed by atoms with van der Waals surface area (Å²) in [5.41, 5.74) is 0. The second-order valence-electron chi connectivity index (χ2n) is 4.97. The van der Waals surface area contributed by atoms with Crippen LogP contribution < -0.4 is 0 Å². The van der Waals surface area contributed by atoms with Crippen LogP contribution in [-0.2, 0) is 14.3 Å². The van der Waals surface area contributed by atoms with E-state index in [1.165, 1.54) is 26.2 Å². The van der Waals surface area contributed by atoms with Gasteiger partial charge in [-0.05, 0) is 26.7 Å². The minimum Gasteiger partial charge on any atom is -0.456 e. The first-order valence-electron chi connectivity index (χ1n) is 6.47. The molecule has 0 spiro atoms. The number of nitrogens with zero attached hydrogens (tertiary/aromatic N) is 1. The molecule has 0 aromatic carbocycles. The van der Waals surface area contributed by atoms with Crippen LogP contribution in [0.5, 0.6) is 0 Å². The van der Waals surface area contributed by atoms with Gasteiger partial charge in [-0.1, -0.05) is 19.3 Å². The Balaban J connectivity index is 2.57. The first kappa shape index (κ1) is 14.0. The Morgan fingerprint density at radius 3 is 2.29 bits per heavy atom. The van der Waals surface area contributed by atoms with Gasteiger partial charge in [-0.15, -0.1) is 0 Å². The third kappa shape index (κ3) is 4.36. The van der Waals surface area contributed by atoms with E-state index in [1.807, 2.05) is 18.7 Å². The van der Waals surface area contributed by atoms with Crippen molar-refractivity contribution < 1.29 is 14.3 Å². The third-order valence-corrected chi connectivity index (χ3v) is 3.21. The molecule has 0 aromatic heterocycles. The SMILES string of the molecule is CC(=O)OCC(=O)N(C(C)C)C1CCCCC1. The molecular formula is C13H23NO3. The van der Waals surface area contributed by atoms with E-state index >= 15 is 0 Å². The van der Waals surface area contributed by atoms with Crippen molar-refractivity contribution in [3.63, 3.8) is 0 Å². The molecule has 1 saturated carbocycles. The first-order chi connectivity index (χ1) is 8.02. The van der Waals surface area contributed by atoms with Crippen molar-refractivity contribution in [2.45, 2.75) is 65.0 Å². The van der Waals surface area contributed by atoms with Crippen molar-refractivity contribution in [2.24, 2.45) is 0 Å². The summed E-state index contributed by atoms with van der Waals surface area (Å²) in [7, 11) is 0.